The molecule has 0 aliphatic rings. The van der Waals surface area contributed by atoms with Crippen LogP contribution in [-0.2, 0) is 14.3 Å². The van der Waals surface area contributed by atoms with E-state index in [1.165, 1.54) is 4.90 Å². The lowest BCUT2D eigenvalue weighted by molar-refractivity contribution is -0.140. The van der Waals surface area contributed by atoms with E-state index in [9.17, 15) is 14.4 Å². The average molecular weight is 530 g/mol. The van der Waals surface area contributed by atoms with E-state index in [-0.39, 0.29) is 11.7 Å². The number of aryl methyl sites for hydroxylation is 1. The smallest absolute Gasteiger partial charge is 0.408 e. The predicted molar refractivity (Wildman–Crippen MR) is 149 cm³/mol. The van der Waals surface area contributed by atoms with Crippen LogP contribution in [0.5, 0.6) is 5.75 Å². The number of methoxy groups -OCH3 is 1. The molecule has 0 saturated carbocycles. The Balaban J connectivity index is 2.48. The zero-order chi connectivity index (χ0) is 27.8. The molecule has 2 unspecified atom stereocenters. The lowest BCUT2D eigenvalue weighted by Gasteiger charge is -2.35. The lowest BCUT2D eigenvalue weighted by Crippen LogP contribution is -2.53. The second-order valence-corrected chi connectivity index (χ2v) is 10.2. The molecule has 3 amide bonds. The van der Waals surface area contributed by atoms with Gasteiger partial charge >= 0.3 is 6.09 Å². The molecule has 9 heteroatoms. The number of nitrogens with one attached hydrogen (secondary N) is 2. The number of alkyl carbamates (subject to hydrolysis) is 1. The maximum atomic E-state index is 13.8. The Hall–Kier alpha value is -3.20. The maximum Gasteiger partial charge on any atom is 0.408 e. The molecule has 0 bridgehead atoms. The van der Waals surface area contributed by atoms with Gasteiger partial charge in [0.25, 0.3) is 5.91 Å². The minimum Gasteiger partial charge on any atom is -0.497 e. The van der Waals surface area contributed by atoms with Gasteiger partial charge in [-0.3, -0.25) is 9.59 Å². The number of nitrogens with zero attached hydrogens (tertiary/aromatic N) is 1. The molecular formula is C28H39N3O5S. The second kappa shape index (κ2) is 13.4. The molecule has 0 aromatic heterocycles. The third kappa shape index (κ3) is 8.42. The van der Waals surface area contributed by atoms with Gasteiger partial charge in [-0.1, -0.05) is 25.1 Å². The molecule has 37 heavy (non-hydrogen) atoms. The van der Waals surface area contributed by atoms with Crippen LogP contribution in [0.15, 0.2) is 42.5 Å². The predicted octanol–water partition coefficient (Wildman–Crippen LogP) is 5.05. The van der Waals surface area contributed by atoms with Crippen molar-refractivity contribution in [2.45, 2.75) is 65.6 Å². The van der Waals surface area contributed by atoms with Crippen LogP contribution in [0.3, 0.4) is 0 Å². The quantitative estimate of drug-likeness (QED) is 0.374. The Bertz CT molecular complexity index is 1080. The number of amides is 3. The summed E-state index contributed by atoms with van der Waals surface area (Å²) in [6.07, 6.45) is -0.114. The summed E-state index contributed by atoms with van der Waals surface area (Å²) in [6, 6.07) is 10.8. The number of carbonyl (C=O) groups excluding carboxylic acids is 3. The normalized spacial score (nSPS) is 12.8. The summed E-state index contributed by atoms with van der Waals surface area (Å²) < 4.78 is 10.5. The van der Waals surface area contributed by atoms with Crippen molar-refractivity contribution in [3.63, 3.8) is 0 Å². The lowest BCUT2D eigenvalue weighted by atomic mass is 9.95. The van der Waals surface area contributed by atoms with Crippen LogP contribution >= 0.6 is 12.6 Å². The summed E-state index contributed by atoms with van der Waals surface area (Å²) in [5.74, 6) is -0.0798. The van der Waals surface area contributed by atoms with Crippen molar-refractivity contribution in [3.8, 4) is 5.75 Å². The van der Waals surface area contributed by atoms with Gasteiger partial charge in [0.15, 0.2) is 0 Å². The van der Waals surface area contributed by atoms with Gasteiger partial charge in [-0.05, 0) is 82.0 Å². The van der Waals surface area contributed by atoms with E-state index in [0.717, 1.165) is 11.1 Å². The number of rotatable bonds is 10. The summed E-state index contributed by atoms with van der Waals surface area (Å²) in [5.41, 5.74) is 2.47. The van der Waals surface area contributed by atoms with Crippen LogP contribution in [0.4, 0.5) is 10.5 Å². The van der Waals surface area contributed by atoms with Gasteiger partial charge in [0, 0.05) is 18.0 Å². The van der Waals surface area contributed by atoms with E-state index >= 15 is 0 Å². The fourth-order valence-electron chi connectivity index (χ4n) is 3.85. The molecule has 0 radical (unpaired) electrons. The number of ether oxygens (including phenoxy) is 2. The summed E-state index contributed by atoms with van der Waals surface area (Å²) in [5, 5.41) is 5.56. The van der Waals surface area contributed by atoms with Gasteiger partial charge in [0.2, 0.25) is 5.91 Å². The second-order valence-electron chi connectivity index (χ2n) is 9.82. The fraction of sp³-hybridized carbons (Fsp3) is 0.464. The molecule has 2 aromatic rings. The first kappa shape index (κ1) is 30.0. The molecule has 2 aromatic carbocycles. The first-order valence-corrected chi connectivity index (χ1v) is 13.0. The van der Waals surface area contributed by atoms with Crippen LogP contribution in [0.2, 0.25) is 0 Å². The Morgan fingerprint density at radius 2 is 1.70 bits per heavy atom. The maximum absolute atomic E-state index is 13.8. The van der Waals surface area contributed by atoms with Crippen molar-refractivity contribution < 1.29 is 23.9 Å². The van der Waals surface area contributed by atoms with Crippen LogP contribution in [0.25, 0.3) is 0 Å². The SMILES string of the molecule is CCCN(C(=O)C(CS)NC(=O)OC(C)(C)C)C(C(=O)Nc1ccc(OC)cc1)c1cccc(C)c1C. The van der Waals surface area contributed by atoms with E-state index in [1.807, 2.05) is 39.0 Å². The summed E-state index contributed by atoms with van der Waals surface area (Å²) in [7, 11) is 1.57. The van der Waals surface area contributed by atoms with Crippen molar-refractivity contribution in [2.24, 2.45) is 0 Å². The zero-order valence-corrected chi connectivity index (χ0v) is 23.6. The van der Waals surface area contributed by atoms with Crippen LogP contribution < -0.4 is 15.4 Å². The van der Waals surface area contributed by atoms with E-state index in [4.69, 9.17) is 9.47 Å². The number of anilines is 1. The highest BCUT2D eigenvalue weighted by molar-refractivity contribution is 7.80. The van der Waals surface area contributed by atoms with Crippen molar-refractivity contribution >= 4 is 36.2 Å². The van der Waals surface area contributed by atoms with Crippen LogP contribution in [0, 0.1) is 13.8 Å². The number of hydrogen-bond acceptors (Lipinski definition) is 6. The van der Waals surface area contributed by atoms with Crippen molar-refractivity contribution in [1.29, 1.82) is 0 Å². The zero-order valence-electron chi connectivity index (χ0n) is 22.8. The van der Waals surface area contributed by atoms with Gasteiger partial charge in [0.05, 0.1) is 7.11 Å². The van der Waals surface area contributed by atoms with Crippen molar-refractivity contribution in [3.05, 3.63) is 59.2 Å². The van der Waals surface area contributed by atoms with Gasteiger partial charge in [-0.2, -0.15) is 12.6 Å². The molecule has 0 aliphatic carbocycles. The third-order valence-corrected chi connectivity index (χ3v) is 6.14. The van der Waals surface area contributed by atoms with Gasteiger partial charge in [0.1, 0.15) is 23.4 Å². The summed E-state index contributed by atoms with van der Waals surface area (Å²) in [6.45, 7) is 11.4. The Kier molecular flexibility index (Phi) is 10.9. The summed E-state index contributed by atoms with van der Waals surface area (Å²) in [4.78, 5) is 41.6. The van der Waals surface area contributed by atoms with Gasteiger partial charge in [-0.15, -0.1) is 0 Å². The molecule has 0 aliphatic heterocycles. The molecule has 2 rings (SSSR count). The molecule has 0 heterocycles. The number of carbonyl (C=O) groups is 3. The van der Waals surface area contributed by atoms with Crippen LogP contribution in [0.1, 0.15) is 56.8 Å². The first-order valence-electron chi connectivity index (χ1n) is 12.3. The van der Waals surface area contributed by atoms with Gasteiger partial charge < -0.3 is 25.0 Å². The number of thiol groups is 1. The molecular weight excluding hydrogens is 490 g/mol. The Labute approximate surface area is 225 Å². The standard InChI is InChI=1S/C28H39N3O5S/c1-8-16-31(26(33)23(17-37)30-27(34)36-28(4,5)6)24(22-11-9-10-18(2)19(22)3)25(32)29-20-12-14-21(35-7)15-13-20/h9-15,23-24,37H,8,16-17H2,1-7H3,(H,29,32)(H,30,34). The molecule has 2 N–H and O–H groups in total. The van der Waals surface area contributed by atoms with E-state index in [0.29, 0.717) is 30.0 Å². The molecule has 0 fully saturated rings. The molecule has 0 saturated heterocycles. The highest BCUT2D eigenvalue weighted by Gasteiger charge is 2.36. The number of hydrogen-bond donors (Lipinski definition) is 3. The highest BCUT2D eigenvalue weighted by Crippen LogP contribution is 2.29. The minimum absolute atomic E-state index is 0.0396. The molecule has 8 nitrogen and oxygen atoms in total. The van der Waals surface area contributed by atoms with Gasteiger partial charge in [-0.25, -0.2) is 4.79 Å². The molecule has 202 valence electrons. The Morgan fingerprint density at radius 3 is 2.24 bits per heavy atom. The monoisotopic (exact) mass is 529 g/mol. The number of benzene rings is 2. The summed E-state index contributed by atoms with van der Waals surface area (Å²) >= 11 is 4.32. The highest BCUT2D eigenvalue weighted by atomic mass is 32.1. The van der Waals surface area contributed by atoms with E-state index < -0.39 is 29.7 Å². The molecule has 2 atom stereocenters. The largest absolute Gasteiger partial charge is 0.497 e. The first-order chi connectivity index (χ1) is 17.4. The average Bonchev–Trinajstić information content (AvgIpc) is 2.83. The third-order valence-electron chi connectivity index (χ3n) is 5.78. The molecule has 0 spiro atoms. The van der Waals surface area contributed by atoms with E-state index in [2.05, 4.69) is 23.3 Å². The Morgan fingerprint density at radius 1 is 1.05 bits per heavy atom. The van der Waals surface area contributed by atoms with Crippen LogP contribution in [-0.4, -0.2) is 53.9 Å². The topological polar surface area (TPSA) is 97.0 Å². The minimum atomic E-state index is -0.980. The van der Waals surface area contributed by atoms with Crippen molar-refractivity contribution in [2.75, 3.05) is 24.7 Å². The fourth-order valence-corrected chi connectivity index (χ4v) is 4.10. The van der Waals surface area contributed by atoms with E-state index in [1.54, 1.807) is 52.1 Å². The van der Waals surface area contributed by atoms with Crippen molar-refractivity contribution in [1.82, 2.24) is 10.2 Å².